The van der Waals surface area contributed by atoms with Crippen LogP contribution in [0.15, 0.2) is 0 Å². The van der Waals surface area contributed by atoms with E-state index in [9.17, 15) is 14.4 Å². The monoisotopic (exact) mass is 373 g/mol. The van der Waals surface area contributed by atoms with Crippen molar-refractivity contribution in [2.45, 2.75) is 42.9 Å². The van der Waals surface area contributed by atoms with E-state index in [1.807, 2.05) is 0 Å². The van der Waals surface area contributed by atoms with Gasteiger partial charge in [-0.05, 0) is 0 Å². The maximum absolute atomic E-state index is 10.3. The molecule has 0 aromatic carbocycles. The molecule has 0 aromatic heterocycles. The van der Waals surface area contributed by atoms with Gasteiger partial charge in [-0.25, -0.2) is 4.79 Å². The van der Waals surface area contributed by atoms with Crippen LogP contribution in [0.3, 0.4) is 0 Å². The standard InChI is InChI=1S/C6H15NO5.C6H8O7/c7-1-3(9)5(11)6(12)4(10)2-8;7-3(8)1-6(13,5(11)12)2-4(9)10/h3-6,8-12H,1-2,7H2;13H,1-2H2,(H,7,8)(H,9,10)(H,11,12). The Balaban J connectivity index is 0. The molecule has 0 aliphatic heterocycles. The van der Waals surface area contributed by atoms with Crippen molar-refractivity contribution in [3.63, 3.8) is 0 Å². The molecule has 0 rings (SSSR count). The van der Waals surface area contributed by atoms with Gasteiger partial charge in [-0.3, -0.25) is 9.59 Å². The number of rotatable bonds is 10. The summed E-state index contributed by atoms with van der Waals surface area (Å²) >= 11 is 0. The molecular formula is C12H23NO12. The Labute approximate surface area is 141 Å². The molecule has 0 heterocycles. The molecule has 13 nitrogen and oxygen atoms in total. The normalized spacial score (nSPS) is 16.0. The SMILES string of the molecule is NCC(O)C(O)C(O)C(O)CO.O=C(O)CC(O)(CC(=O)O)C(=O)O. The van der Waals surface area contributed by atoms with Crippen LogP contribution >= 0.6 is 0 Å². The van der Waals surface area contributed by atoms with Crippen molar-refractivity contribution in [3.8, 4) is 0 Å². The van der Waals surface area contributed by atoms with Gasteiger partial charge in [0.2, 0.25) is 0 Å². The minimum Gasteiger partial charge on any atom is -0.481 e. The highest BCUT2D eigenvalue weighted by atomic mass is 16.4. The van der Waals surface area contributed by atoms with Crippen LogP contribution in [0.5, 0.6) is 0 Å². The second kappa shape index (κ2) is 11.6. The quantitative estimate of drug-likeness (QED) is 0.172. The van der Waals surface area contributed by atoms with Gasteiger partial charge in [0.1, 0.15) is 18.3 Å². The minimum atomic E-state index is -2.74. The molecule has 11 N–H and O–H groups in total. The van der Waals surface area contributed by atoms with Crippen LogP contribution in [0.2, 0.25) is 0 Å². The summed E-state index contributed by atoms with van der Waals surface area (Å²) < 4.78 is 0. The number of hydrogen-bond donors (Lipinski definition) is 10. The Kier molecular flexibility index (Phi) is 11.8. The molecule has 13 heteroatoms. The van der Waals surface area contributed by atoms with Crippen molar-refractivity contribution in [2.75, 3.05) is 13.2 Å². The van der Waals surface area contributed by atoms with Crippen LogP contribution in [0.1, 0.15) is 12.8 Å². The van der Waals surface area contributed by atoms with Crippen LogP contribution in [0.4, 0.5) is 0 Å². The number of carboxylic acids is 3. The zero-order valence-electron chi connectivity index (χ0n) is 13.0. The number of carbonyl (C=O) groups is 3. The molecule has 4 atom stereocenters. The second-order valence-electron chi connectivity index (χ2n) is 5.01. The fourth-order valence-electron chi connectivity index (χ4n) is 1.42. The van der Waals surface area contributed by atoms with E-state index in [-0.39, 0.29) is 6.54 Å². The molecule has 0 saturated carbocycles. The van der Waals surface area contributed by atoms with Crippen molar-refractivity contribution in [3.05, 3.63) is 0 Å². The van der Waals surface area contributed by atoms with Gasteiger partial charge < -0.3 is 51.7 Å². The summed E-state index contributed by atoms with van der Waals surface area (Å²) in [5, 5.41) is 78.0. The largest absolute Gasteiger partial charge is 0.481 e. The minimum absolute atomic E-state index is 0.226. The molecule has 148 valence electrons. The van der Waals surface area contributed by atoms with E-state index in [0.29, 0.717) is 0 Å². The predicted octanol–water partition coefficient (Wildman–Crippen LogP) is -4.87. The van der Waals surface area contributed by atoms with Gasteiger partial charge in [-0.15, -0.1) is 0 Å². The molecule has 0 aliphatic rings. The summed E-state index contributed by atoms with van der Waals surface area (Å²) in [6.07, 6.45) is -8.20. The van der Waals surface area contributed by atoms with Crippen molar-refractivity contribution >= 4 is 17.9 Å². The Morgan fingerprint density at radius 3 is 1.44 bits per heavy atom. The molecule has 0 bridgehead atoms. The summed E-state index contributed by atoms with van der Waals surface area (Å²) in [7, 11) is 0. The number of aliphatic hydroxyl groups excluding tert-OH is 5. The van der Waals surface area contributed by atoms with E-state index >= 15 is 0 Å². The van der Waals surface area contributed by atoms with Crippen LogP contribution in [-0.2, 0) is 14.4 Å². The van der Waals surface area contributed by atoms with Gasteiger partial charge in [0, 0.05) is 6.54 Å². The van der Waals surface area contributed by atoms with Crippen LogP contribution in [0.25, 0.3) is 0 Å². The first-order valence-corrected chi connectivity index (χ1v) is 6.74. The van der Waals surface area contributed by atoms with Gasteiger partial charge in [0.05, 0.1) is 25.6 Å². The van der Waals surface area contributed by atoms with Crippen molar-refractivity contribution in [1.29, 1.82) is 0 Å². The molecule has 0 spiro atoms. The van der Waals surface area contributed by atoms with Crippen molar-refractivity contribution in [1.82, 2.24) is 0 Å². The third-order valence-corrected chi connectivity index (χ3v) is 2.85. The third-order valence-electron chi connectivity index (χ3n) is 2.85. The molecule has 0 amide bonds. The van der Waals surface area contributed by atoms with Gasteiger partial charge >= 0.3 is 17.9 Å². The van der Waals surface area contributed by atoms with E-state index in [4.69, 9.17) is 51.7 Å². The highest BCUT2D eigenvalue weighted by Crippen LogP contribution is 2.15. The molecule has 0 aliphatic carbocycles. The Morgan fingerprint density at radius 2 is 1.20 bits per heavy atom. The van der Waals surface area contributed by atoms with E-state index < -0.39 is 67.4 Å². The highest BCUT2D eigenvalue weighted by molar-refractivity contribution is 5.88. The van der Waals surface area contributed by atoms with Gasteiger partial charge in [-0.1, -0.05) is 0 Å². The fraction of sp³-hybridized carbons (Fsp3) is 0.750. The zero-order valence-corrected chi connectivity index (χ0v) is 13.0. The maximum atomic E-state index is 10.3. The first-order valence-electron chi connectivity index (χ1n) is 6.74. The zero-order chi connectivity index (χ0) is 20.4. The van der Waals surface area contributed by atoms with Crippen LogP contribution < -0.4 is 5.73 Å². The number of nitrogens with two attached hydrogens (primary N) is 1. The highest BCUT2D eigenvalue weighted by Gasteiger charge is 2.40. The molecular weight excluding hydrogens is 350 g/mol. The van der Waals surface area contributed by atoms with Crippen molar-refractivity contribution in [2.24, 2.45) is 5.73 Å². The molecule has 0 aromatic rings. The number of hydrogen-bond acceptors (Lipinski definition) is 10. The van der Waals surface area contributed by atoms with E-state index in [2.05, 4.69) is 0 Å². The van der Waals surface area contributed by atoms with E-state index in [0.717, 1.165) is 0 Å². The molecule has 4 unspecified atom stereocenters. The maximum Gasteiger partial charge on any atom is 0.336 e. The molecule has 0 saturated heterocycles. The molecule has 0 radical (unpaired) electrons. The lowest BCUT2D eigenvalue weighted by Gasteiger charge is -2.24. The average Bonchev–Trinajstić information content (AvgIpc) is 2.50. The topological polar surface area (TPSA) is 259 Å². The number of carboxylic acid groups (broad SMARTS) is 3. The average molecular weight is 373 g/mol. The fourth-order valence-corrected chi connectivity index (χ4v) is 1.42. The van der Waals surface area contributed by atoms with Crippen molar-refractivity contribution < 1.29 is 60.3 Å². The number of aliphatic carboxylic acids is 3. The van der Waals surface area contributed by atoms with E-state index in [1.54, 1.807) is 0 Å². The van der Waals surface area contributed by atoms with Gasteiger partial charge in [0.15, 0.2) is 5.60 Å². The lowest BCUT2D eigenvalue weighted by atomic mass is 9.96. The Hall–Kier alpha value is -1.87. The molecule has 25 heavy (non-hydrogen) atoms. The van der Waals surface area contributed by atoms with E-state index in [1.165, 1.54) is 0 Å². The lowest BCUT2D eigenvalue weighted by molar-refractivity contribution is -0.170. The van der Waals surface area contributed by atoms with Crippen LogP contribution in [-0.4, -0.2) is 107 Å². The Morgan fingerprint density at radius 1 is 0.840 bits per heavy atom. The lowest BCUT2D eigenvalue weighted by Crippen LogP contribution is -2.48. The third kappa shape index (κ3) is 9.88. The second-order valence-corrected chi connectivity index (χ2v) is 5.01. The predicted molar refractivity (Wildman–Crippen MR) is 77.3 cm³/mol. The number of aliphatic hydroxyl groups is 6. The summed E-state index contributed by atoms with van der Waals surface area (Å²) in [4.78, 5) is 30.5. The summed E-state index contributed by atoms with van der Waals surface area (Å²) in [6.45, 7) is -0.911. The summed E-state index contributed by atoms with van der Waals surface area (Å²) in [6, 6.07) is 0. The summed E-state index contributed by atoms with van der Waals surface area (Å²) in [5.41, 5.74) is 2.25. The Bertz CT molecular complexity index is 412. The first kappa shape index (κ1) is 25.4. The first-order chi connectivity index (χ1) is 11.3. The van der Waals surface area contributed by atoms with Gasteiger partial charge in [0.25, 0.3) is 0 Å². The van der Waals surface area contributed by atoms with Crippen LogP contribution in [0, 0.1) is 0 Å². The smallest absolute Gasteiger partial charge is 0.336 e. The molecule has 0 fully saturated rings. The van der Waals surface area contributed by atoms with Gasteiger partial charge in [-0.2, -0.15) is 0 Å². The summed E-state index contributed by atoms with van der Waals surface area (Å²) in [5.74, 6) is -5.02.